The highest BCUT2D eigenvalue weighted by molar-refractivity contribution is 5.96. The zero-order valence-corrected chi connectivity index (χ0v) is 21.1. The summed E-state index contributed by atoms with van der Waals surface area (Å²) in [6.07, 6.45) is 10.8. The lowest BCUT2D eigenvalue weighted by atomic mass is 9.85. The molecule has 0 amide bonds. The second-order valence-corrected chi connectivity index (χ2v) is 9.34. The first-order chi connectivity index (χ1) is 15.3. The van der Waals surface area contributed by atoms with Crippen molar-refractivity contribution in [1.29, 1.82) is 0 Å². The van der Waals surface area contributed by atoms with Crippen LogP contribution in [0.15, 0.2) is 30.4 Å². The number of benzene rings is 1. The van der Waals surface area contributed by atoms with Gasteiger partial charge in [0, 0.05) is 24.3 Å². The van der Waals surface area contributed by atoms with Crippen molar-refractivity contribution in [3.8, 4) is 11.5 Å². The summed E-state index contributed by atoms with van der Waals surface area (Å²) in [5.74, 6) is 2.67. The summed E-state index contributed by atoms with van der Waals surface area (Å²) in [6, 6.07) is 5.39. The molecule has 0 heterocycles. The summed E-state index contributed by atoms with van der Waals surface area (Å²) in [4.78, 5) is 25.2. The predicted octanol–water partition coefficient (Wildman–Crippen LogP) is 7.45. The van der Waals surface area contributed by atoms with Crippen LogP contribution in [-0.4, -0.2) is 25.3 Å². The number of ether oxygens (including phenoxy) is 2. The van der Waals surface area contributed by atoms with Crippen molar-refractivity contribution in [2.24, 2.45) is 17.8 Å². The van der Waals surface area contributed by atoms with Crippen LogP contribution < -0.4 is 9.47 Å². The molecule has 4 nitrogen and oxygen atoms in total. The van der Waals surface area contributed by atoms with Gasteiger partial charge in [0.25, 0.3) is 0 Å². The number of carbonyl (C=O) groups excluding carboxylic acids is 2. The Morgan fingerprint density at radius 2 is 1.75 bits per heavy atom. The van der Waals surface area contributed by atoms with Gasteiger partial charge in [0.05, 0.1) is 13.7 Å². The van der Waals surface area contributed by atoms with E-state index in [1.165, 1.54) is 0 Å². The molecule has 0 fully saturated rings. The maximum atomic E-state index is 12.7. The summed E-state index contributed by atoms with van der Waals surface area (Å²) >= 11 is 0. The van der Waals surface area contributed by atoms with E-state index in [1.54, 1.807) is 25.3 Å². The van der Waals surface area contributed by atoms with Crippen molar-refractivity contribution in [3.05, 3.63) is 35.9 Å². The van der Waals surface area contributed by atoms with Crippen LogP contribution >= 0.6 is 0 Å². The van der Waals surface area contributed by atoms with Crippen LogP contribution in [0.3, 0.4) is 0 Å². The van der Waals surface area contributed by atoms with E-state index in [9.17, 15) is 9.59 Å². The first kappa shape index (κ1) is 27.9. The fourth-order valence-electron chi connectivity index (χ4n) is 3.61. The average Bonchev–Trinajstić information content (AvgIpc) is 2.76. The number of hydrogen-bond acceptors (Lipinski definition) is 4. The number of Topliss-reactive ketones (excluding diaryl/α,β-unsaturated/α-hetero) is 2. The van der Waals surface area contributed by atoms with E-state index < -0.39 is 0 Å². The smallest absolute Gasteiger partial charge is 0.163 e. The number of carbonyl (C=O) groups is 2. The minimum absolute atomic E-state index is 0.0645. The quantitative estimate of drug-likeness (QED) is 0.142. The van der Waals surface area contributed by atoms with Gasteiger partial charge in [-0.15, -0.1) is 0 Å². The summed E-state index contributed by atoms with van der Waals surface area (Å²) in [5, 5.41) is 0. The third-order valence-electron chi connectivity index (χ3n) is 5.77. The molecule has 0 bridgehead atoms. The van der Waals surface area contributed by atoms with E-state index in [4.69, 9.17) is 9.47 Å². The Kier molecular flexibility index (Phi) is 13.7. The van der Waals surface area contributed by atoms with Gasteiger partial charge < -0.3 is 9.47 Å². The molecular formula is C28H44O4. The van der Waals surface area contributed by atoms with Gasteiger partial charge in [0.15, 0.2) is 17.3 Å². The van der Waals surface area contributed by atoms with Gasteiger partial charge in [-0.1, -0.05) is 59.6 Å². The highest BCUT2D eigenvalue weighted by Gasteiger charge is 2.20. The van der Waals surface area contributed by atoms with Crippen molar-refractivity contribution < 1.29 is 19.1 Å². The van der Waals surface area contributed by atoms with Gasteiger partial charge >= 0.3 is 0 Å². The molecule has 32 heavy (non-hydrogen) atoms. The molecule has 1 aromatic rings. The Labute approximate surface area is 195 Å². The molecule has 1 unspecified atom stereocenters. The Morgan fingerprint density at radius 1 is 1.00 bits per heavy atom. The van der Waals surface area contributed by atoms with Crippen molar-refractivity contribution in [2.45, 2.75) is 86.0 Å². The van der Waals surface area contributed by atoms with Crippen molar-refractivity contribution >= 4 is 11.6 Å². The molecule has 0 saturated heterocycles. The Hall–Kier alpha value is -2.10. The summed E-state index contributed by atoms with van der Waals surface area (Å²) in [5.41, 5.74) is 0.647. The van der Waals surface area contributed by atoms with Crippen LogP contribution in [-0.2, 0) is 4.79 Å². The van der Waals surface area contributed by atoms with Crippen LogP contribution in [0, 0.1) is 17.8 Å². The lowest BCUT2D eigenvalue weighted by Gasteiger charge is -2.18. The molecule has 4 heteroatoms. The van der Waals surface area contributed by atoms with Crippen LogP contribution in [0.5, 0.6) is 11.5 Å². The molecular weight excluding hydrogens is 400 g/mol. The van der Waals surface area contributed by atoms with Gasteiger partial charge in [-0.05, 0) is 55.7 Å². The minimum Gasteiger partial charge on any atom is -0.493 e. The molecule has 0 spiro atoms. The highest BCUT2D eigenvalue weighted by atomic mass is 16.5. The first-order valence-electron chi connectivity index (χ1n) is 12.3. The number of hydrogen-bond donors (Lipinski definition) is 0. The van der Waals surface area contributed by atoms with Gasteiger partial charge in [0.1, 0.15) is 5.78 Å². The summed E-state index contributed by atoms with van der Waals surface area (Å²) in [7, 11) is 1.61. The van der Waals surface area contributed by atoms with Crippen LogP contribution in [0.1, 0.15) is 96.3 Å². The van der Waals surface area contributed by atoms with Crippen molar-refractivity contribution in [3.63, 3.8) is 0 Å². The molecule has 0 aliphatic carbocycles. The molecule has 0 aliphatic rings. The van der Waals surface area contributed by atoms with E-state index in [0.29, 0.717) is 60.6 Å². The first-order valence-corrected chi connectivity index (χ1v) is 12.3. The molecule has 0 aromatic heterocycles. The zero-order valence-electron chi connectivity index (χ0n) is 21.1. The van der Waals surface area contributed by atoms with Crippen LogP contribution in [0.2, 0.25) is 0 Å². The number of rotatable bonds is 17. The lowest BCUT2D eigenvalue weighted by molar-refractivity contribution is -0.124. The molecule has 1 aromatic carbocycles. The van der Waals surface area contributed by atoms with E-state index in [2.05, 4.69) is 40.7 Å². The lowest BCUT2D eigenvalue weighted by Crippen LogP contribution is -2.20. The van der Waals surface area contributed by atoms with Crippen LogP contribution in [0.25, 0.3) is 0 Å². The van der Waals surface area contributed by atoms with Gasteiger partial charge in [-0.25, -0.2) is 0 Å². The van der Waals surface area contributed by atoms with E-state index in [1.807, 2.05) is 6.08 Å². The summed E-state index contributed by atoms with van der Waals surface area (Å²) < 4.78 is 11.2. The Morgan fingerprint density at radius 3 is 2.38 bits per heavy atom. The minimum atomic E-state index is 0.0645. The topological polar surface area (TPSA) is 52.6 Å². The Bertz CT molecular complexity index is 718. The normalized spacial score (nSPS) is 12.5. The fraction of sp³-hybridized carbons (Fsp3) is 0.643. The highest BCUT2D eigenvalue weighted by Crippen LogP contribution is 2.29. The Balaban J connectivity index is 2.58. The average molecular weight is 445 g/mol. The second-order valence-electron chi connectivity index (χ2n) is 9.34. The standard InChI is InChI=1S/C28H44O4/c1-7-8-12-19-32-28-20-23(16-18-27(28)31-6)25(29)14-11-9-10-13-24(22(4)5)26(30)17-15-21(2)3/h9-10,16,18,20-22,24H,7-8,11-15,17,19H2,1-6H3. The molecule has 180 valence electrons. The molecule has 0 saturated carbocycles. The maximum absolute atomic E-state index is 12.7. The van der Waals surface area contributed by atoms with Crippen molar-refractivity contribution in [1.82, 2.24) is 0 Å². The third-order valence-corrected chi connectivity index (χ3v) is 5.77. The zero-order chi connectivity index (χ0) is 23.9. The predicted molar refractivity (Wildman–Crippen MR) is 133 cm³/mol. The molecule has 0 radical (unpaired) electrons. The number of unbranched alkanes of at least 4 members (excludes halogenated alkanes) is 2. The molecule has 0 aliphatic heterocycles. The van der Waals surface area contributed by atoms with E-state index in [0.717, 1.165) is 32.1 Å². The van der Waals surface area contributed by atoms with Gasteiger partial charge in [0.2, 0.25) is 0 Å². The van der Waals surface area contributed by atoms with Gasteiger partial charge in [-0.3, -0.25) is 9.59 Å². The number of allylic oxidation sites excluding steroid dienone is 2. The second kappa shape index (κ2) is 15.7. The summed E-state index contributed by atoms with van der Waals surface area (Å²) in [6.45, 7) is 11.3. The third kappa shape index (κ3) is 10.5. The number of ketones is 2. The maximum Gasteiger partial charge on any atom is 0.163 e. The monoisotopic (exact) mass is 444 g/mol. The largest absolute Gasteiger partial charge is 0.493 e. The van der Waals surface area contributed by atoms with E-state index in [-0.39, 0.29) is 11.7 Å². The SMILES string of the molecule is CCCCCOc1cc(C(=O)CCC=CCC(C(=O)CCC(C)C)C(C)C)ccc1OC. The fourth-order valence-corrected chi connectivity index (χ4v) is 3.61. The number of methoxy groups -OCH3 is 1. The van der Waals surface area contributed by atoms with Crippen LogP contribution in [0.4, 0.5) is 0 Å². The molecule has 0 N–H and O–H groups in total. The molecule has 1 rings (SSSR count). The van der Waals surface area contributed by atoms with Crippen molar-refractivity contribution in [2.75, 3.05) is 13.7 Å². The van der Waals surface area contributed by atoms with Gasteiger partial charge in [-0.2, -0.15) is 0 Å². The van der Waals surface area contributed by atoms with E-state index >= 15 is 0 Å². The molecule has 1 atom stereocenters.